The zero-order valence-electron chi connectivity index (χ0n) is 11.2. The van der Waals surface area contributed by atoms with Crippen molar-refractivity contribution in [3.05, 3.63) is 30.5 Å². The second-order valence-corrected chi connectivity index (χ2v) is 5.79. The molecule has 0 aliphatic carbocycles. The molecule has 0 fully saturated rings. The summed E-state index contributed by atoms with van der Waals surface area (Å²) >= 11 is 6.27. The number of pyridine rings is 1. The summed E-state index contributed by atoms with van der Waals surface area (Å²) in [5.74, 6) is 1.59. The molecule has 1 aromatic carbocycles. The number of anilines is 1. The fraction of sp³-hybridized carbons (Fsp3) is 0.400. The number of nitrogens with one attached hydrogen (secondary N) is 1. The number of aromatic nitrogens is 1. The average Bonchev–Trinajstić information content (AvgIpc) is 2.35. The molecular weight excluding hydrogens is 260 g/mol. The Hall–Kier alpha value is -1.48. The Bertz CT molecular complexity index is 557. The highest BCUT2D eigenvalue weighted by atomic mass is 35.5. The topological polar surface area (TPSA) is 45.2 Å². The smallest absolute Gasteiger partial charge is 0.133 e. The van der Waals surface area contributed by atoms with Crippen LogP contribution in [0.4, 0.5) is 5.82 Å². The fourth-order valence-corrected chi connectivity index (χ4v) is 2.53. The number of aromatic hydroxyl groups is 1. The Labute approximate surface area is 118 Å². The summed E-state index contributed by atoms with van der Waals surface area (Å²) in [7, 11) is 0. The molecule has 1 atom stereocenters. The first-order chi connectivity index (χ1) is 9.06. The third kappa shape index (κ3) is 3.74. The Morgan fingerprint density at radius 3 is 2.84 bits per heavy atom. The molecule has 0 saturated heterocycles. The van der Waals surface area contributed by atoms with Gasteiger partial charge >= 0.3 is 0 Å². The van der Waals surface area contributed by atoms with E-state index < -0.39 is 0 Å². The number of halogens is 1. The van der Waals surface area contributed by atoms with Gasteiger partial charge in [-0.2, -0.15) is 0 Å². The number of phenolic OH excluding ortho intramolecular Hbond substituents is 1. The second kappa shape index (κ2) is 6.11. The summed E-state index contributed by atoms with van der Waals surface area (Å²) in [6.07, 6.45) is 2.72. The number of fused-ring (bicyclic) bond motifs is 1. The van der Waals surface area contributed by atoms with Gasteiger partial charge in [-0.25, -0.2) is 4.98 Å². The molecule has 1 unspecified atom stereocenters. The van der Waals surface area contributed by atoms with Gasteiger partial charge in [0.2, 0.25) is 0 Å². The van der Waals surface area contributed by atoms with Gasteiger partial charge in [0, 0.05) is 18.1 Å². The Morgan fingerprint density at radius 2 is 2.11 bits per heavy atom. The van der Waals surface area contributed by atoms with Gasteiger partial charge < -0.3 is 10.4 Å². The molecule has 19 heavy (non-hydrogen) atoms. The van der Waals surface area contributed by atoms with Crippen LogP contribution in [-0.2, 0) is 0 Å². The zero-order valence-corrected chi connectivity index (χ0v) is 12.0. The first kappa shape index (κ1) is 13.9. The van der Waals surface area contributed by atoms with E-state index in [9.17, 15) is 5.11 Å². The van der Waals surface area contributed by atoms with Crippen LogP contribution in [0, 0.1) is 5.92 Å². The fourth-order valence-electron chi connectivity index (χ4n) is 2.10. The minimum absolute atomic E-state index is 0.0781. The van der Waals surface area contributed by atoms with Crippen molar-refractivity contribution in [2.24, 2.45) is 5.92 Å². The van der Waals surface area contributed by atoms with E-state index in [1.165, 1.54) is 0 Å². The van der Waals surface area contributed by atoms with Gasteiger partial charge in [-0.3, -0.25) is 0 Å². The number of benzene rings is 1. The number of rotatable bonds is 5. The summed E-state index contributed by atoms with van der Waals surface area (Å²) in [4.78, 5) is 4.32. The van der Waals surface area contributed by atoms with E-state index in [4.69, 9.17) is 11.6 Å². The highest BCUT2D eigenvalue weighted by Gasteiger charge is 2.09. The van der Waals surface area contributed by atoms with Crippen molar-refractivity contribution in [2.45, 2.75) is 25.6 Å². The van der Waals surface area contributed by atoms with E-state index in [-0.39, 0.29) is 11.1 Å². The molecule has 0 radical (unpaired) electrons. The van der Waals surface area contributed by atoms with E-state index in [0.717, 1.165) is 23.0 Å². The normalized spacial score (nSPS) is 12.8. The van der Waals surface area contributed by atoms with Crippen LogP contribution in [0.5, 0.6) is 5.75 Å². The first-order valence-electron chi connectivity index (χ1n) is 6.52. The monoisotopic (exact) mass is 278 g/mol. The third-order valence-electron chi connectivity index (χ3n) is 2.97. The van der Waals surface area contributed by atoms with Gasteiger partial charge in [-0.05, 0) is 35.9 Å². The van der Waals surface area contributed by atoms with Gasteiger partial charge in [0.15, 0.2) is 0 Å². The van der Waals surface area contributed by atoms with Crippen LogP contribution in [0.15, 0.2) is 30.5 Å². The van der Waals surface area contributed by atoms with Crippen molar-refractivity contribution in [1.82, 2.24) is 4.98 Å². The molecule has 1 aromatic heterocycles. The van der Waals surface area contributed by atoms with Crippen LogP contribution in [0.25, 0.3) is 10.8 Å². The standard InChI is InChI=1S/C15H19ClN2O/c1-10(2)7-12(16)9-18-15-14-8-13(19)4-3-11(14)5-6-17-15/h3-6,8,10,12,19H,7,9H2,1-2H3,(H,17,18). The maximum Gasteiger partial charge on any atom is 0.133 e. The molecule has 0 saturated carbocycles. The molecule has 102 valence electrons. The van der Waals surface area contributed by atoms with Crippen LogP contribution >= 0.6 is 11.6 Å². The minimum Gasteiger partial charge on any atom is -0.508 e. The molecule has 3 nitrogen and oxygen atoms in total. The van der Waals surface area contributed by atoms with Crippen LogP contribution in [-0.4, -0.2) is 22.0 Å². The Balaban J connectivity index is 2.14. The van der Waals surface area contributed by atoms with E-state index in [2.05, 4.69) is 24.1 Å². The maximum atomic E-state index is 9.57. The van der Waals surface area contributed by atoms with E-state index >= 15 is 0 Å². The van der Waals surface area contributed by atoms with Crippen molar-refractivity contribution in [3.8, 4) is 5.75 Å². The van der Waals surface area contributed by atoms with Crippen LogP contribution < -0.4 is 5.32 Å². The lowest BCUT2D eigenvalue weighted by molar-refractivity contribution is 0.476. The lowest BCUT2D eigenvalue weighted by Gasteiger charge is -2.14. The number of hydrogen-bond acceptors (Lipinski definition) is 3. The van der Waals surface area contributed by atoms with Gasteiger partial charge in [0.1, 0.15) is 11.6 Å². The molecule has 0 spiro atoms. The van der Waals surface area contributed by atoms with Crippen LogP contribution in [0.2, 0.25) is 0 Å². The lowest BCUT2D eigenvalue weighted by atomic mass is 10.1. The van der Waals surface area contributed by atoms with Gasteiger partial charge in [0.05, 0.1) is 5.38 Å². The lowest BCUT2D eigenvalue weighted by Crippen LogP contribution is -2.17. The van der Waals surface area contributed by atoms with E-state index in [1.54, 1.807) is 18.3 Å². The largest absolute Gasteiger partial charge is 0.508 e. The average molecular weight is 279 g/mol. The first-order valence-corrected chi connectivity index (χ1v) is 6.95. The molecule has 0 bridgehead atoms. The highest BCUT2D eigenvalue weighted by Crippen LogP contribution is 2.25. The number of alkyl halides is 1. The van der Waals surface area contributed by atoms with Gasteiger partial charge in [0.25, 0.3) is 0 Å². The van der Waals surface area contributed by atoms with Gasteiger partial charge in [-0.15, -0.1) is 11.6 Å². The summed E-state index contributed by atoms with van der Waals surface area (Å²) in [6, 6.07) is 7.20. The van der Waals surface area contributed by atoms with Crippen molar-refractivity contribution in [3.63, 3.8) is 0 Å². The number of phenols is 1. The van der Waals surface area contributed by atoms with Gasteiger partial charge in [-0.1, -0.05) is 19.9 Å². The number of nitrogens with zero attached hydrogens (tertiary/aromatic N) is 1. The molecule has 2 N–H and O–H groups in total. The summed E-state index contributed by atoms with van der Waals surface area (Å²) in [6.45, 7) is 4.98. The zero-order chi connectivity index (χ0) is 13.8. The molecule has 4 heteroatoms. The van der Waals surface area contributed by atoms with Crippen LogP contribution in [0.3, 0.4) is 0 Å². The van der Waals surface area contributed by atoms with Crippen molar-refractivity contribution in [2.75, 3.05) is 11.9 Å². The van der Waals surface area contributed by atoms with E-state index in [1.807, 2.05) is 12.1 Å². The second-order valence-electron chi connectivity index (χ2n) is 5.17. The molecule has 2 aromatic rings. The van der Waals surface area contributed by atoms with Crippen LogP contribution in [0.1, 0.15) is 20.3 Å². The molecule has 2 rings (SSSR count). The van der Waals surface area contributed by atoms with Crippen molar-refractivity contribution in [1.29, 1.82) is 0 Å². The summed E-state index contributed by atoms with van der Waals surface area (Å²) in [5.41, 5.74) is 0. The minimum atomic E-state index is 0.0781. The molecule has 0 aliphatic heterocycles. The van der Waals surface area contributed by atoms with Crippen molar-refractivity contribution >= 4 is 28.2 Å². The predicted molar refractivity (Wildman–Crippen MR) is 81.0 cm³/mol. The quantitative estimate of drug-likeness (QED) is 0.813. The number of hydrogen-bond donors (Lipinski definition) is 2. The maximum absolute atomic E-state index is 9.57. The third-order valence-corrected chi connectivity index (χ3v) is 3.30. The Morgan fingerprint density at radius 1 is 1.32 bits per heavy atom. The highest BCUT2D eigenvalue weighted by molar-refractivity contribution is 6.21. The molecule has 1 heterocycles. The van der Waals surface area contributed by atoms with E-state index in [0.29, 0.717) is 12.5 Å². The summed E-state index contributed by atoms with van der Waals surface area (Å²) < 4.78 is 0. The SMILES string of the molecule is CC(C)CC(Cl)CNc1nccc2ccc(O)cc12. The Kier molecular flexibility index (Phi) is 4.48. The molecule has 0 aliphatic rings. The summed E-state index contributed by atoms with van der Waals surface area (Å²) in [5, 5.41) is 14.9. The van der Waals surface area contributed by atoms with Crippen molar-refractivity contribution < 1.29 is 5.11 Å². The predicted octanol–water partition coefficient (Wildman–Crippen LogP) is 4.01. The molecule has 0 amide bonds. The molecular formula is C15H19ClN2O.